The van der Waals surface area contributed by atoms with Gasteiger partial charge in [0.05, 0.1) is 30.2 Å². The molecule has 22 heavy (non-hydrogen) atoms. The molecule has 8 heteroatoms. The van der Waals surface area contributed by atoms with Crippen molar-refractivity contribution in [2.75, 3.05) is 12.9 Å². The van der Waals surface area contributed by atoms with E-state index in [2.05, 4.69) is 4.74 Å². The summed E-state index contributed by atoms with van der Waals surface area (Å²) in [4.78, 5) is 11.5. The SMILES string of the molecule is COC(=O)CC1C=CCS(=O)N1S(=O)(=O)c1ccc(C)cc1. The number of rotatable bonds is 4. The maximum Gasteiger partial charge on any atom is 0.307 e. The van der Waals surface area contributed by atoms with E-state index in [0.29, 0.717) is 0 Å². The van der Waals surface area contributed by atoms with Crippen molar-refractivity contribution in [3.05, 3.63) is 42.0 Å². The number of nitrogens with zero attached hydrogens (tertiary/aromatic N) is 1. The van der Waals surface area contributed by atoms with Crippen LogP contribution in [0.3, 0.4) is 0 Å². The highest BCUT2D eigenvalue weighted by Gasteiger charge is 2.37. The van der Waals surface area contributed by atoms with Crippen molar-refractivity contribution in [3.8, 4) is 0 Å². The minimum atomic E-state index is -3.96. The summed E-state index contributed by atoms with van der Waals surface area (Å²) in [6.45, 7) is 1.85. The third-order valence-electron chi connectivity index (χ3n) is 3.23. The van der Waals surface area contributed by atoms with Gasteiger partial charge in [-0.2, -0.15) is 0 Å². The molecule has 2 rings (SSSR count). The van der Waals surface area contributed by atoms with Crippen LogP contribution in [0.25, 0.3) is 0 Å². The maximum absolute atomic E-state index is 12.7. The van der Waals surface area contributed by atoms with Crippen LogP contribution in [-0.4, -0.2) is 41.2 Å². The molecule has 1 aromatic carbocycles. The molecule has 0 spiro atoms. The predicted molar refractivity (Wildman–Crippen MR) is 82.8 cm³/mol. The quantitative estimate of drug-likeness (QED) is 0.605. The molecular formula is C14H17NO5S2. The molecular weight excluding hydrogens is 326 g/mol. The van der Waals surface area contributed by atoms with Crippen molar-refractivity contribution in [1.29, 1.82) is 0 Å². The van der Waals surface area contributed by atoms with Gasteiger partial charge in [-0.05, 0) is 19.1 Å². The molecule has 0 amide bonds. The lowest BCUT2D eigenvalue weighted by Crippen LogP contribution is -2.44. The van der Waals surface area contributed by atoms with Gasteiger partial charge in [0, 0.05) is 0 Å². The van der Waals surface area contributed by atoms with Crippen molar-refractivity contribution in [1.82, 2.24) is 3.71 Å². The number of hydrogen-bond acceptors (Lipinski definition) is 5. The third-order valence-corrected chi connectivity index (χ3v) is 7.08. The highest BCUT2D eigenvalue weighted by Crippen LogP contribution is 2.25. The van der Waals surface area contributed by atoms with E-state index in [1.54, 1.807) is 24.3 Å². The van der Waals surface area contributed by atoms with Crippen LogP contribution in [-0.2, 0) is 30.5 Å². The Hall–Kier alpha value is -1.51. The average Bonchev–Trinajstić information content (AvgIpc) is 2.47. The van der Waals surface area contributed by atoms with Gasteiger partial charge in [0.25, 0.3) is 10.0 Å². The first-order chi connectivity index (χ1) is 10.4. The first-order valence-electron chi connectivity index (χ1n) is 6.59. The second-order valence-electron chi connectivity index (χ2n) is 4.84. The van der Waals surface area contributed by atoms with Crippen LogP contribution in [0, 0.1) is 6.92 Å². The van der Waals surface area contributed by atoms with Crippen molar-refractivity contribution >= 4 is 27.0 Å². The molecule has 1 aliphatic rings. The van der Waals surface area contributed by atoms with Crippen LogP contribution in [0.1, 0.15) is 12.0 Å². The first-order valence-corrected chi connectivity index (χ1v) is 9.31. The Morgan fingerprint density at radius 2 is 2.00 bits per heavy atom. The summed E-state index contributed by atoms with van der Waals surface area (Å²) < 4.78 is 43.1. The number of aryl methyl sites for hydroxylation is 1. The largest absolute Gasteiger partial charge is 0.469 e. The molecule has 0 saturated heterocycles. The lowest BCUT2D eigenvalue weighted by atomic mass is 10.2. The van der Waals surface area contributed by atoms with Gasteiger partial charge in [0.1, 0.15) is 11.0 Å². The van der Waals surface area contributed by atoms with E-state index in [1.807, 2.05) is 6.92 Å². The fraction of sp³-hybridized carbons (Fsp3) is 0.357. The second kappa shape index (κ2) is 6.72. The Morgan fingerprint density at radius 3 is 2.59 bits per heavy atom. The van der Waals surface area contributed by atoms with Gasteiger partial charge in [-0.1, -0.05) is 29.8 Å². The fourth-order valence-corrected chi connectivity index (χ4v) is 5.46. The molecule has 2 unspecified atom stereocenters. The zero-order valence-electron chi connectivity index (χ0n) is 12.3. The standard InChI is InChI=1S/C14H17NO5S2/c1-11-5-7-13(8-6-11)22(18,19)15-12(10-14(16)20-2)4-3-9-21(15)17/h3-8,12H,9-10H2,1-2H3. The van der Waals surface area contributed by atoms with Crippen LogP contribution < -0.4 is 0 Å². The van der Waals surface area contributed by atoms with Gasteiger partial charge in [-0.25, -0.2) is 12.6 Å². The van der Waals surface area contributed by atoms with Gasteiger partial charge in [0.15, 0.2) is 0 Å². The van der Waals surface area contributed by atoms with Crippen molar-refractivity contribution in [2.45, 2.75) is 24.3 Å². The smallest absolute Gasteiger partial charge is 0.307 e. The lowest BCUT2D eigenvalue weighted by Gasteiger charge is -2.29. The zero-order chi connectivity index (χ0) is 16.3. The minimum absolute atomic E-state index is 0.0524. The number of ether oxygens (including phenoxy) is 1. The van der Waals surface area contributed by atoms with Gasteiger partial charge in [-0.15, -0.1) is 3.71 Å². The molecule has 120 valence electrons. The van der Waals surface area contributed by atoms with E-state index in [-0.39, 0.29) is 17.1 Å². The molecule has 1 aromatic rings. The molecule has 0 bridgehead atoms. The highest BCUT2D eigenvalue weighted by molar-refractivity contribution is 8.01. The van der Waals surface area contributed by atoms with Crippen LogP contribution in [0.2, 0.25) is 0 Å². The number of carbonyl (C=O) groups excluding carboxylic acids is 1. The Kier molecular flexibility index (Phi) is 5.15. The van der Waals surface area contributed by atoms with Gasteiger partial charge in [0.2, 0.25) is 0 Å². The summed E-state index contributed by atoms with van der Waals surface area (Å²) in [6.07, 6.45) is 3.01. The summed E-state index contributed by atoms with van der Waals surface area (Å²) in [7, 11) is -4.48. The van der Waals surface area contributed by atoms with Crippen LogP contribution in [0.5, 0.6) is 0 Å². The lowest BCUT2D eigenvalue weighted by molar-refractivity contribution is -0.141. The summed E-state index contributed by atoms with van der Waals surface area (Å²) in [5.41, 5.74) is 0.921. The molecule has 1 heterocycles. The second-order valence-corrected chi connectivity index (χ2v) is 8.25. The van der Waals surface area contributed by atoms with Crippen LogP contribution in [0.4, 0.5) is 0 Å². The fourth-order valence-electron chi connectivity index (χ4n) is 2.09. The number of hydrogen-bond donors (Lipinski definition) is 0. The number of carbonyl (C=O) groups is 1. The van der Waals surface area contributed by atoms with E-state index in [0.717, 1.165) is 9.27 Å². The summed E-state index contributed by atoms with van der Waals surface area (Å²) in [6, 6.07) is 5.47. The van der Waals surface area contributed by atoms with Crippen molar-refractivity contribution in [2.24, 2.45) is 0 Å². The van der Waals surface area contributed by atoms with E-state index < -0.39 is 33.0 Å². The van der Waals surface area contributed by atoms with E-state index in [9.17, 15) is 17.4 Å². The molecule has 0 aliphatic carbocycles. The van der Waals surface area contributed by atoms with E-state index in [1.165, 1.54) is 19.2 Å². The molecule has 1 aliphatic heterocycles. The molecule has 0 radical (unpaired) electrons. The summed E-state index contributed by atoms with van der Waals surface area (Å²) in [5.74, 6) is -0.458. The summed E-state index contributed by atoms with van der Waals surface area (Å²) >= 11 is 0. The molecule has 0 aromatic heterocycles. The number of sulfonamides is 1. The number of methoxy groups -OCH3 is 1. The molecule has 0 saturated carbocycles. The number of benzene rings is 1. The van der Waals surface area contributed by atoms with Crippen LogP contribution in [0.15, 0.2) is 41.3 Å². The first kappa shape index (κ1) is 16.9. The van der Waals surface area contributed by atoms with Gasteiger partial charge < -0.3 is 4.74 Å². The van der Waals surface area contributed by atoms with Crippen LogP contribution >= 0.6 is 0 Å². The maximum atomic E-state index is 12.7. The summed E-state index contributed by atoms with van der Waals surface area (Å²) in [5, 5.41) is 0. The Morgan fingerprint density at radius 1 is 1.36 bits per heavy atom. The van der Waals surface area contributed by atoms with Gasteiger partial charge in [-0.3, -0.25) is 4.79 Å². The normalized spacial score (nSPS) is 22.5. The van der Waals surface area contributed by atoms with E-state index in [4.69, 9.17) is 0 Å². The monoisotopic (exact) mass is 343 g/mol. The minimum Gasteiger partial charge on any atom is -0.469 e. The Labute approximate surface area is 132 Å². The van der Waals surface area contributed by atoms with E-state index >= 15 is 0 Å². The van der Waals surface area contributed by atoms with Crippen molar-refractivity contribution < 1.29 is 22.2 Å². The highest BCUT2D eigenvalue weighted by atomic mass is 32.3. The predicted octanol–water partition coefficient (Wildman–Crippen LogP) is 1.15. The molecule has 2 atom stereocenters. The Balaban J connectivity index is 2.40. The number of esters is 1. The topological polar surface area (TPSA) is 80.8 Å². The van der Waals surface area contributed by atoms with Gasteiger partial charge >= 0.3 is 5.97 Å². The molecule has 0 N–H and O–H groups in total. The average molecular weight is 343 g/mol. The van der Waals surface area contributed by atoms with Crippen molar-refractivity contribution in [3.63, 3.8) is 0 Å². The zero-order valence-corrected chi connectivity index (χ0v) is 13.9. The molecule has 0 fully saturated rings. The molecule has 6 nitrogen and oxygen atoms in total. The third kappa shape index (κ3) is 3.45. The Bertz CT molecular complexity index is 709.